The topological polar surface area (TPSA) is 92.5 Å². The number of nitrogens with one attached hydrogen (secondary N) is 1. The van der Waals surface area contributed by atoms with E-state index in [4.69, 9.17) is 16.7 Å². The number of primary sulfonamides is 1. The summed E-state index contributed by atoms with van der Waals surface area (Å²) in [6.07, 6.45) is 2.90. The number of carbonyl (C=O) groups excluding carboxylic acids is 1. The van der Waals surface area contributed by atoms with Gasteiger partial charge in [-0.1, -0.05) is 29.8 Å². The molecule has 0 atom stereocenters. The molecule has 0 saturated carbocycles. The van der Waals surface area contributed by atoms with Crippen LogP contribution in [0.25, 0.3) is 6.08 Å². The predicted molar refractivity (Wildman–Crippen MR) is 101 cm³/mol. The van der Waals surface area contributed by atoms with Gasteiger partial charge in [-0.2, -0.15) is 0 Å². The number of hydrogen-bond acceptors (Lipinski definition) is 4. The fraction of sp³-hybridized carbons (Fsp3) is 0.118. The number of benzene rings is 2. The van der Waals surface area contributed by atoms with Crippen LogP contribution in [0.4, 0.5) is 11.4 Å². The SMILES string of the molecule is CN(C)c1ccc(S(N)(=O)=O)cc1NC(=O)/C=C/c1ccccc1Cl. The van der Waals surface area contributed by atoms with E-state index in [1.807, 2.05) is 6.07 Å². The Labute approximate surface area is 151 Å². The molecule has 2 aromatic rings. The minimum Gasteiger partial charge on any atom is -0.376 e. The van der Waals surface area contributed by atoms with Crippen LogP contribution in [0.2, 0.25) is 5.02 Å². The van der Waals surface area contributed by atoms with Crippen molar-refractivity contribution in [3.8, 4) is 0 Å². The summed E-state index contributed by atoms with van der Waals surface area (Å²) in [5, 5.41) is 8.34. The summed E-state index contributed by atoms with van der Waals surface area (Å²) >= 11 is 6.04. The molecule has 0 spiro atoms. The molecule has 25 heavy (non-hydrogen) atoms. The van der Waals surface area contributed by atoms with Crippen molar-refractivity contribution in [2.75, 3.05) is 24.3 Å². The van der Waals surface area contributed by atoms with Gasteiger partial charge in [-0.15, -0.1) is 0 Å². The van der Waals surface area contributed by atoms with Gasteiger partial charge in [0.2, 0.25) is 15.9 Å². The van der Waals surface area contributed by atoms with E-state index in [0.29, 0.717) is 22.0 Å². The summed E-state index contributed by atoms with van der Waals surface area (Å²) in [6.45, 7) is 0. The first-order valence-corrected chi connectivity index (χ1v) is 9.18. The number of nitrogens with zero attached hydrogens (tertiary/aromatic N) is 1. The van der Waals surface area contributed by atoms with Gasteiger partial charge in [-0.3, -0.25) is 4.79 Å². The summed E-state index contributed by atoms with van der Waals surface area (Å²) in [5.41, 5.74) is 1.68. The molecule has 2 rings (SSSR count). The van der Waals surface area contributed by atoms with E-state index in [-0.39, 0.29) is 4.90 Å². The average Bonchev–Trinajstić information content (AvgIpc) is 2.53. The molecule has 0 radical (unpaired) electrons. The highest BCUT2D eigenvalue weighted by Crippen LogP contribution is 2.27. The third-order valence-electron chi connectivity index (χ3n) is 3.36. The Balaban J connectivity index is 2.29. The van der Waals surface area contributed by atoms with E-state index >= 15 is 0 Å². The van der Waals surface area contributed by atoms with E-state index in [0.717, 1.165) is 0 Å². The maximum Gasteiger partial charge on any atom is 0.248 e. The molecule has 132 valence electrons. The van der Waals surface area contributed by atoms with Crippen molar-refractivity contribution in [3.63, 3.8) is 0 Å². The zero-order chi connectivity index (χ0) is 18.6. The Morgan fingerprint density at radius 2 is 1.88 bits per heavy atom. The van der Waals surface area contributed by atoms with Crippen LogP contribution in [0.5, 0.6) is 0 Å². The lowest BCUT2D eigenvalue weighted by Crippen LogP contribution is -2.17. The van der Waals surface area contributed by atoms with E-state index in [2.05, 4.69) is 5.32 Å². The van der Waals surface area contributed by atoms with Crippen LogP contribution < -0.4 is 15.4 Å². The van der Waals surface area contributed by atoms with E-state index in [1.165, 1.54) is 18.2 Å². The first kappa shape index (κ1) is 19.0. The molecule has 0 aliphatic heterocycles. The fourth-order valence-electron chi connectivity index (χ4n) is 2.13. The quantitative estimate of drug-likeness (QED) is 0.781. The Morgan fingerprint density at radius 3 is 2.48 bits per heavy atom. The Kier molecular flexibility index (Phi) is 5.84. The van der Waals surface area contributed by atoms with Crippen molar-refractivity contribution >= 4 is 45.0 Å². The normalized spacial score (nSPS) is 11.5. The Bertz CT molecular complexity index is 924. The first-order chi connectivity index (χ1) is 11.7. The second kappa shape index (κ2) is 7.69. The predicted octanol–water partition coefficient (Wildman–Crippen LogP) is 2.71. The fourth-order valence-corrected chi connectivity index (χ4v) is 2.87. The standard InChI is InChI=1S/C17H18ClN3O3S/c1-21(2)16-9-8-13(25(19,23)24)11-15(16)20-17(22)10-7-12-5-3-4-6-14(12)18/h3-11H,1-2H3,(H,20,22)(H2,19,23,24)/b10-7+. The maximum atomic E-state index is 12.2. The van der Waals surface area contributed by atoms with Gasteiger partial charge >= 0.3 is 0 Å². The minimum atomic E-state index is -3.87. The van der Waals surface area contributed by atoms with Crippen molar-refractivity contribution in [2.24, 2.45) is 5.14 Å². The summed E-state index contributed by atoms with van der Waals surface area (Å²) < 4.78 is 23.0. The zero-order valence-electron chi connectivity index (χ0n) is 13.7. The number of hydrogen-bond donors (Lipinski definition) is 2. The molecule has 0 aromatic heterocycles. The molecule has 8 heteroatoms. The lowest BCUT2D eigenvalue weighted by Gasteiger charge is -2.18. The number of carbonyl (C=O) groups is 1. The third kappa shape index (κ3) is 5.06. The molecular weight excluding hydrogens is 362 g/mol. The number of amides is 1. The molecule has 0 fully saturated rings. The molecule has 0 saturated heterocycles. The van der Waals surface area contributed by atoms with Crippen LogP contribution in [0.1, 0.15) is 5.56 Å². The maximum absolute atomic E-state index is 12.2. The molecular formula is C17H18ClN3O3S. The largest absolute Gasteiger partial charge is 0.376 e. The average molecular weight is 380 g/mol. The molecule has 2 aromatic carbocycles. The number of anilines is 2. The van der Waals surface area contributed by atoms with Gasteiger partial charge in [0.15, 0.2) is 0 Å². The molecule has 0 aliphatic carbocycles. The second-order valence-corrected chi connectivity index (χ2v) is 7.43. The summed E-state index contributed by atoms with van der Waals surface area (Å²) in [5.74, 6) is -0.422. The number of nitrogens with two attached hydrogens (primary N) is 1. The summed E-state index contributed by atoms with van der Waals surface area (Å²) in [4.78, 5) is 13.9. The monoisotopic (exact) mass is 379 g/mol. The van der Waals surface area contributed by atoms with Gasteiger partial charge in [-0.25, -0.2) is 13.6 Å². The van der Waals surface area contributed by atoms with Gasteiger partial charge in [0, 0.05) is 25.2 Å². The van der Waals surface area contributed by atoms with E-state index in [1.54, 1.807) is 49.3 Å². The lowest BCUT2D eigenvalue weighted by molar-refractivity contribution is -0.111. The highest BCUT2D eigenvalue weighted by molar-refractivity contribution is 7.89. The molecule has 0 aliphatic rings. The van der Waals surface area contributed by atoms with Crippen molar-refractivity contribution in [1.29, 1.82) is 0 Å². The van der Waals surface area contributed by atoms with Crippen molar-refractivity contribution in [1.82, 2.24) is 0 Å². The summed E-state index contributed by atoms with van der Waals surface area (Å²) in [6, 6.07) is 11.4. The van der Waals surface area contributed by atoms with Gasteiger partial charge in [0.25, 0.3) is 0 Å². The molecule has 0 unspecified atom stereocenters. The first-order valence-electron chi connectivity index (χ1n) is 7.26. The smallest absolute Gasteiger partial charge is 0.248 e. The van der Waals surface area contributed by atoms with Crippen LogP contribution in [0.3, 0.4) is 0 Å². The Hall–Kier alpha value is -2.35. The summed E-state index contributed by atoms with van der Waals surface area (Å²) in [7, 11) is -0.312. The highest BCUT2D eigenvalue weighted by Gasteiger charge is 2.13. The Morgan fingerprint density at radius 1 is 1.20 bits per heavy atom. The van der Waals surface area contributed by atoms with E-state index < -0.39 is 15.9 Å². The second-order valence-electron chi connectivity index (χ2n) is 5.46. The van der Waals surface area contributed by atoms with Crippen LogP contribution in [-0.2, 0) is 14.8 Å². The molecule has 1 amide bonds. The molecule has 3 N–H and O–H groups in total. The number of halogens is 1. The lowest BCUT2D eigenvalue weighted by atomic mass is 10.2. The van der Waals surface area contributed by atoms with Crippen molar-refractivity contribution in [2.45, 2.75) is 4.90 Å². The molecule has 6 nitrogen and oxygen atoms in total. The highest BCUT2D eigenvalue weighted by atomic mass is 35.5. The van der Waals surface area contributed by atoms with Crippen molar-refractivity contribution in [3.05, 3.63) is 59.1 Å². The molecule has 0 heterocycles. The molecule has 0 bridgehead atoms. The van der Waals surface area contributed by atoms with Crippen LogP contribution in [-0.4, -0.2) is 28.4 Å². The number of sulfonamides is 1. The number of rotatable bonds is 5. The minimum absolute atomic E-state index is 0.0801. The van der Waals surface area contributed by atoms with Gasteiger partial charge in [0.05, 0.1) is 16.3 Å². The van der Waals surface area contributed by atoms with Crippen molar-refractivity contribution < 1.29 is 13.2 Å². The zero-order valence-corrected chi connectivity index (χ0v) is 15.3. The van der Waals surface area contributed by atoms with Gasteiger partial charge in [-0.05, 0) is 35.9 Å². The third-order valence-corrected chi connectivity index (χ3v) is 4.61. The van der Waals surface area contributed by atoms with Gasteiger partial charge in [0.1, 0.15) is 0 Å². The van der Waals surface area contributed by atoms with E-state index in [9.17, 15) is 13.2 Å². The van der Waals surface area contributed by atoms with Crippen LogP contribution >= 0.6 is 11.6 Å². The van der Waals surface area contributed by atoms with Crippen LogP contribution in [0, 0.1) is 0 Å². The van der Waals surface area contributed by atoms with Crippen LogP contribution in [0.15, 0.2) is 53.4 Å². The van der Waals surface area contributed by atoms with Gasteiger partial charge < -0.3 is 10.2 Å².